The van der Waals surface area contributed by atoms with Crippen LogP contribution in [-0.2, 0) is 0 Å². The van der Waals surface area contributed by atoms with Gasteiger partial charge in [0, 0.05) is 23.8 Å². The van der Waals surface area contributed by atoms with Crippen LogP contribution in [0.15, 0.2) is 84.0 Å². The maximum atomic E-state index is 11.3. The number of anilines is 1. The Labute approximate surface area is 180 Å². The van der Waals surface area contributed by atoms with Gasteiger partial charge in [0.1, 0.15) is 5.69 Å². The van der Waals surface area contributed by atoms with Crippen molar-refractivity contribution in [3.8, 4) is 0 Å². The topological polar surface area (TPSA) is 154 Å². The molecule has 0 saturated heterocycles. The zero-order chi connectivity index (χ0) is 23.1. The van der Waals surface area contributed by atoms with Gasteiger partial charge in [0.05, 0.1) is 26.5 Å². The first kappa shape index (κ1) is 21.8. The number of hydrogen-bond acceptors (Lipinski definition) is 8. The largest absolute Gasteiger partial charge is 0.301 e. The lowest BCUT2D eigenvalue weighted by atomic mass is 10.1. The second-order valence-corrected chi connectivity index (χ2v) is 6.38. The Morgan fingerprint density at radius 2 is 1.47 bits per heavy atom. The van der Waals surface area contributed by atoms with Crippen molar-refractivity contribution < 1.29 is 14.8 Å². The highest BCUT2D eigenvalue weighted by Gasteiger charge is 2.19. The van der Waals surface area contributed by atoms with E-state index in [1.807, 2.05) is 0 Å². The predicted molar refractivity (Wildman–Crippen MR) is 118 cm³/mol. The Morgan fingerprint density at radius 1 is 0.781 bits per heavy atom. The Bertz CT molecular complexity index is 1240. The number of hydrazone groups is 1. The molecular formula is C21H15N5O6. The van der Waals surface area contributed by atoms with Crippen LogP contribution in [0.1, 0.15) is 11.1 Å². The third-order valence-corrected chi connectivity index (χ3v) is 4.27. The van der Waals surface area contributed by atoms with E-state index in [-0.39, 0.29) is 11.4 Å². The standard InChI is InChI=1S/C21H15N5O6/c27-24(28)17-8-4-5-15(13-17)9-11-19(16-6-2-1-3-7-16)22-23-20-12-10-18(25(29)30)14-21(20)26(31)32/h1-14,23H/b11-9+,22-19-. The third-order valence-electron chi connectivity index (χ3n) is 4.27. The summed E-state index contributed by atoms with van der Waals surface area (Å²) in [5, 5.41) is 37.4. The predicted octanol–water partition coefficient (Wildman–Crippen LogP) is 4.94. The molecule has 0 spiro atoms. The lowest BCUT2D eigenvalue weighted by Gasteiger charge is -2.06. The van der Waals surface area contributed by atoms with E-state index in [9.17, 15) is 30.3 Å². The summed E-state index contributed by atoms with van der Waals surface area (Å²) in [6.45, 7) is 0. The molecule has 0 aliphatic carbocycles. The Balaban J connectivity index is 1.97. The summed E-state index contributed by atoms with van der Waals surface area (Å²) >= 11 is 0. The van der Waals surface area contributed by atoms with E-state index in [2.05, 4.69) is 10.5 Å². The van der Waals surface area contributed by atoms with E-state index in [4.69, 9.17) is 0 Å². The van der Waals surface area contributed by atoms with Gasteiger partial charge in [0.2, 0.25) is 0 Å². The molecule has 160 valence electrons. The molecule has 11 nitrogen and oxygen atoms in total. The normalized spacial score (nSPS) is 11.3. The fraction of sp³-hybridized carbons (Fsp3) is 0. The number of nitrogens with zero attached hydrogens (tertiary/aromatic N) is 4. The number of non-ortho nitro benzene ring substituents is 2. The average molecular weight is 433 g/mol. The van der Waals surface area contributed by atoms with Crippen molar-refractivity contribution in [2.24, 2.45) is 5.10 Å². The zero-order valence-electron chi connectivity index (χ0n) is 16.3. The van der Waals surface area contributed by atoms with Gasteiger partial charge >= 0.3 is 5.69 Å². The molecule has 3 rings (SSSR count). The van der Waals surface area contributed by atoms with Gasteiger partial charge in [-0.15, -0.1) is 0 Å². The van der Waals surface area contributed by atoms with Crippen LogP contribution in [0.25, 0.3) is 6.08 Å². The Hall–Kier alpha value is -4.93. The Kier molecular flexibility index (Phi) is 6.61. The molecule has 0 aliphatic rings. The maximum absolute atomic E-state index is 11.3. The van der Waals surface area contributed by atoms with Crippen LogP contribution in [0, 0.1) is 30.3 Å². The molecule has 0 aliphatic heterocycles. The molecule has 3 aromatic rings. The quantitative estimate of drug-likeness (QED) is 0.300. The first-order valence-corrected chi connectivity index (χ1v) is 9.09. The number of benzene rings is 3. The average Bonchev–Trinajstić information content (AvgIpc) is 2.79. The first-order chi connectivity index (χ1) is 15.3. The molecule has 0 radical (unpaired) electrons. The molecule has 0 saturated carbocycles. The van der Waals surface area contributed by atoms with Crippen molar-refractivity contribution in [1.29, 1.82) is 0 Å². The lowest BCUT2D eigenvalue weighted by molar-refractivity contribution is -0.393. The van der Waals surface area contributed by atoms with Gasteiger partial charge in [0.25, 0.3) is 11.4 Å². The van der Waals surface area contributed by atoms with Gasteiger partial charge in [-0.1, -0.05) is 48.5 Å². The van der Waals surface area contributed by atoms with Crippen LogP contribution in [0.4, 0.5) is 22.7 Å². The van der Waals surface area contributed by atoms with Gasteiger partial charge in [-0.3, -0.25) is 35.8 Å². The van der Waals surface area contributed by atoms with Crippen LogP contribution < -0.4 is 5.43 Å². The van der Waals surface area contributed by atoms with Gasteiger partial charge in [-0.05, 0) is 17.7 Å². The fourth-order valence-electron chi connectivity index (χ4n) is 2.72. The minimum absolute atomic E-state index is 0.0298. The highest BCUT2D eigenvalue weighted by Crippen LogP contribution is 2.29. The molecule has 11 heteroatoms. The van der Waals surface area contributed by atoms with Crippen LogP contribution >= 0.6 is 0 Å². The summed E-state index contributed by atoms with van der Waals surface area (Å²) < 4.78 is 0. The second-order valence-electron chi connectivity index (χ2n) is 6.38. The van der Waals surface area contributed by atoms with Crippen molar-refractivity contribution >= 4 is 34.5 Å². The van der Waals surface area contributed by atoms with Gasteiger partial charge < -0.3 is 0 Å². The highest BCUT2D eigenvalue weighted by molar-refractivity contribution is 6.11. The first-order valence-electron chi connectivity index (χ1n) is 9.09. The molecule has 0 amide bonds. The molecule has 1 N–H and O–H groups in total. The Morgan fingerprint density at radius 3 is 2.12 bits per heavy atom. The molecule has 3 aromatic carbocycles. The van der Waals surface area contributed by atoms with E-state index >= 15 is 0 Å². The minimum atomic E-state index is -0.744. The molecule has 0 aromatic heterocycles. The number of allylic oxidation sites excluding steroid dienone is 1. The van der Waals surface area contributed by atoms with Crippen LogP contribution in [0.5, 0.6) is 0 Å². The van der Waals surface area contributed by atoms with Gasteiger partial charge in [-0.2, -0.15) is 5.10 Å². The number of nitro groups is 3. The fourth-order valence-corrected chi connectivity index (χ4v) is 2.72. The summed E-state index contributed by atoms with van der Waals surface area (Å²) in [4.78, 5) is 31.2. The van der Waals surface area contributed by atoms with Crippen LogP contribution in [0.2, 0.25) is 0 Å². The number of hydrogen-bond donors (Lipinski definition) is 1. The van der Waals surface area contributed by atoms with E-state index in [0.29, 0.717) is 16.8 Å². The van der Waals surface area contributed by atoms with Crippen molar-refractivity contribution in [2.75, 3.05) is 5.43 Å². The summed E-state index contributed by atoms with van der Waals surface area (Å²) in [7, 11) is 0. The monoisotopic (exact) mass is 433 g/mol. The summed E-state index contributed by atoms with van der Waals surface area (Å²) in [6.07, 6.45) is 3.21. The van der Waals surface area contributed by atoms with Crippen LogP contribution in [0.3, 0.4) is 0 Å². The molecule has 0 fully saturated rings. The lowest BCUT2D eigenvalue weighted by Crippen LogP contribution is -2.03. The smallest absolute Gasteiger partial charge is 0.271 e. The minimum Gasteiger partial charge on any atom is -0.271 e. The zero-order valence-corrected chi connectivity index (χ0v) is 16.3. The van der Waals surface area contributed by atoms with E-state index in [0.717, 1.165) is 12.1 Å². The molecule has 0 unspecified atom stereocenters. The van der Waals surface area contributed by atoms with Crippen molar-refractivity contribution in [3.63, 3.8) is 0 Å². The highest BCUT2D eigenvalue weighted by atomic mass is 16.6. The molecule has 0 atom stereocenters. The van der Waals surface area contributed by atoms with E-state index < -0.39 is 26.1 Å². The van der Waals surface area contributed by atoms with Gasteiger partial charge in [-0.25, -0.2) is 0 Å². The van der Waals surface area contributed by atoms with E-state index in [1.54, 1.807) is 54.6 Å². The van der Waals surface area contributed by atoms with Crippen LogP contribution in [-0.4, -0.2) is 20.5 Å². The summed E-state index contributed by atoms with van der Waals surface area (Å²) in [5.41, 5.74) is 3.19. The number of nitrogens with one attached hydrogen (secondary N) is 1. The van der Waals surface area contributed by atoms with E-state index in [1.165, 1.54) is 18.2 Å². The maximum Gasteiger partial charge on any atom is 0.301 e. The SMILES string of the molecule is O=[N+]([O-])c1cccc(/C=C/C(=N/Nc2ccc([N+](=O)[O-])cc2[N+](=O)[O-])c2ccccc2)c1. The summed E-state index contributed by atoms with van der Waals surface area (Å²) in [6, 6.07) is 18.1. The van der Waals surface area contributed by atoms with Crippen molar-refractivity contribution in [1.82, 2.24) is 0 Å². The number of nitro benzene ring substituents is 3. The van der Waals surface area contributed by atoms with Crippen molar-refractivity contribution in [3.05, 3.63) is 120 Å². The third kappa shape index (κ3) is 5.36. The summed E-state index contributed by atoms with van der Waals surface area (Å²) in [5.74, 6) is 0. The molecular weight excluding hydrogens is 418 g/mol. The molecule has 0 bridgehead atoms. The number of rotatable bonds is 8. The van der Waals surface area contributed by atoms with Crippen molar-refractivity contribution in [2.45, 2.75) is 0 Å². The molecule has 32 heavy (non-hydrogen) atoms. The van der Waals surface area contributed by atoms with Gasteiger partial charge in [0.15, 0.2) is 0 Å². The second kappa shape index (κ2) is 9.71. The molecule has 0 heterocycles.